The van der Waals surface area contributed by atoms with E-state index in [4.69, 9.17) is 0 Å². The summed E-state index contributed by atoms with van der Waals surface area (Å²) < 4.78 is 25.6. The van der Waals surface area contributed by atoms with E-state index in [1.165, 1.54) is 12.1 Å². The zero-order valence-corrected chi connectivity index (χ0v) is 32.9. The van der Waals surface area contributed by atoms with E-state index in [0.717, 1.165) is 53.7 Å². The first-order valence-electron chi connectivity index (χ1n) is 15.3. The van der Waals surface area contributed by atoms with Crippen molar-refractivity contribution in [1.29, 1.82) is 0 Å². The number of hydrogen-bond donors (Lipinski definition) is 0. The fourth-order valence-electron chi connectivity index (χ4n) is 5.02. The van der Waals surface area contributed by atoms with Gasteiger partial charge in [-0.1, -0.05) is 94.7 Å². The zero-order chi connectivity index (χ0) is 34.1. The van der Waals surface area contributed by atoms with Crippen LogP contribution < -0.4 is 9.97 Å². The fraction of sp³-hybridized carbons (Fsp3) is 0. The van der Waals surface area contributed by atoms with Crippen molar-refractivity contribution in [2.45, 2.75) is 0 Å². The number of halogens is 2. The molecule has 0 N–H and O–H groups in total. The Morgan fingerprint density at radius 3 is 1.29 bits per heavy atom. The minimum atomic E-state index is -0.486. The second-order valence-corrected chi connectivity index (χ2v) is 12.3. The van der Waals surface area contributed by atoms with Gasteiger partial charge in [-0.25, -0.2) is 31.5 Å². The van der Waals surface area contributed by atoms with Gasteiger partial charge in [0.25, 0.3) is 0 Å². The normalized spacial score (nSPS) is 10.2. The van der Waals surface area contributed by atoms with Crippen molar-refractivity contribution < 1.29 is 50.9 Å². The van der Waals surface area contributed by atoms with Gasteiger partial charge >= 0.3 is 42.1 Å². The molecule has 0 spiro atoms. The summed E-state index contributed by atoms with van der Waals surface area (Å²) in [7, 11) is 0. The van der Waals surface area contributed by atoms with Crippen LogP contribution in [0.1, 0.15) is 0 Å². The Balaban J connectivity index is 0.000000133. The molecule has 0 aliphatic carbocycles. The molecule has 0 amide bonds. The third-order valence-electron chi connectivity index (χ3n) is 7.26. The number of fused-ring (bicyclic) bond motifs is 6. The number of aromatic nitrogens is 6. The standard InChI is InChI=1S/2C11H6FN2.2C9H6NS.2Pt/c2*12-10-6-5-8-7-3-1-2-4-9(7)13-11(8)14-10;2*1-2-6-10-8(4-1)9-5-3-7-11-9;;/h2*1-6H;2*1-4,6-7H;;/q4*-1;2*+2. The van der Waals surface area contributed by atoms with Crippen LogP contribution >= 0.6 is 22.7 Å². The van der Waals surface area contributed by atoms with Gasteiger partial charge in [0.15, 0.2) is 0 Å². The Kier molecular flexibility index (Phi) is 13.8. The van der Waals surface area contributed by atoms with Gasteiger partial charge in [-0.05, 0) is 79.5 Å². The van der Waals surface area contributed by atoms with Crippen molar-refractivity contribution in [3.8, 4) is 21.1 Å². The first kappa shape index (κ1) is 38.5. The molecule has 0 atom stereocenters. The molecule has 2 aromatic carbocycles. The minimum Gasteiger partial charge on any atom is -0.435 e. The van der Waals surface area contributed by atoms with Crippen molar-refractivity contribution in [3.05, 3.63) is 169 Å². The number of nitrogens with zero attached hydrogens (tertiary/aromatic N) is 6. The number of para-hydroxylation sites is 2. The molecule has 0 unspecified atom stereocenters. The molecule has 52 heavy (non-hydrogen) atoms. The summed E-state index contributed by atoms with van der Waals surface area (Å²) in [5.74, 6) is -0.972. The number of pyridine rings is 4. The largest absolute Gasteiger partial charge is 2.00 e. The van der Waals surface area contributed by atoms with E-state index in [1.807, 2.05) is 108 Å². The average Bonchev–Trinajstić information content (AvgIpc) is 3.99. The van der Waals surface area contributed by atoms with Crippen molar-refractivity contribution in [1.82, 2.24) is 29.9 Å². The Labute approximate surface area is 334 Å². The summed E-state index contributed by atoms with van der Waals surface area (Å²) in [5.41, 5.74) is 4.68. The van der Waals surface area contributed by atoms with Crippen molar-refractivity contribution in [2.75, 3.05) is 0 Å². The zero-order valence-electron chi connectivity index (χ0n) is 26.7. The SMILES string of the molecule is Fc1ccc2c(n1)[n-]c1ccccc12.Fc1ccc2c(n1)[n-]c1ccccc12.[Pt+2].[Pt+2].[c-]1ccsc1-c1ccccn1.[c-]1ccsc1-c1ccccn1. The fourth-order valence-corrected chi connectivity index (χ4v) is 6.32. The Morgan fingerprint density at radius 1 is 0.481 bits per heavy atom. The maximum atomic E-state index is 12.8. The number of hydrogen-bond acceptors (Lipinski definition) is 6. The van der Waals surface area contributed by atoms with Crippen LogP contribution in [0.5, 0.6) is 0 Å². The summed E-state index contributed by atoms with van der Waals surface area (Å²) in [6, 6.07) is 43.4. The van der Waals surface area contributed by atoms with E-state index in [0.29, 0.717) is 11.3 Å². The molecular weight excluding hydrogens is 1060 g/mol. The third kappa shape index (κ3) is 9.38. The molecule has 10 rings (SSSR count). The summed E-state index contributed by atoms with van der Waals surface area (Å²) in [6.07, 6.45) is 3.59. The topological polar surface area (TPSA) is 79.8 Å². The maximum Gasteiger partial charge on any atom is 2.00 e. The molecule has 10 aromatic rings. The van der Waals surface area contributed by atoms with Crippen LogP contribution in [0.4, 0.5) is 8.78 Å². The molecule has 0 aliphatic heterocycles. The van der Waals surface area contributed by atoms with E-state index in [9.17, 15) is 8.78 Å². The van der Waals surface area contributed by atoms with Gasteiger partial charge in [0.2, 0.25) is 0 Å². The Bertz CT molecular complexity index is 2400. The van der Waals surface area contributed by atoms with Gasteiger partial charge in [-0.3, -0.25) is 0 Å². The summed E-state index contributed by atoms with van der Waals surface area (Å²) >= 11 is 3.32. The molecule has 8 aromatic heterocycles. The molecule has 0 saturated carbocycles. The van der Waals surface area contributed by atoms with Gasteiger partial charge in [0.05, 0.1) is 0 Å². The molecule has 0 fully saturated rings. The van der Waals surface area contributed by atoms with E-state index in [-0.39, 0.29) is 42.1 Å². The molecule has 6 nitrogen and oxygen atoms in total. The predicted molar refractivity (Wildman–Crippen MR) is 198 cm³/mol. The Morgan fingerprint density at radius 2 is 0.904 bits per heavy atom. The third-order valence-corrected chi connectivity index (χ3v) is 8.92. The van der Waals surface area contributed by atoms with E-state index < -0.39 is 11.9 Å². The van der Waals surface area contributed by atoms with Crippen LogP contribution in [-0.2, 0) is 42.1 Å². The maximum absolute atomic E-state index is 12.8. The first-order valence-corrected chi connectivity index (χ1v) is 17.1. The van der Waals surface area contributed by atoms with E-state index in [2.05, 4.69) is 42.0 Å². The summed E-state index contributed by atoms with van der Waals surface area (Å²) in [4.78, 5) is 26.5. The number of benzene rings is 2. The van der Waals surface area contributed by atoms with Gasteiger partial charge < -0.3 is 29.9 Å². The first-order chi connectivity index (χ1) is 24.6. The second kappa shape index (κ2) is 18.7. The Hall–Kier alpha value is -4.72. The quantitative estimate of drug-likeness (QED) is 0.127. The smallest absolute Gasteiger partial charge is 0.435 e. The molecule has 12 heteroatoms. The average molecular weight is 1080 g/mol. The number of rotatable bonds is 2. The second-order valence-electron chi connectivity index (χ2n) is 10.5. The molecule has 0 radical (unpaired) electrons. The molecule has 260 valence electrons. The van der Waals surface area contributed by atoms with E-state index in [1.54, 1.807) is 47.2 Å². The van der Waals surface area contributed by atoms with Crippen LogP contribution in [0.3, 0.4) is 0 Å². The summed E-state index contributed by atoms with van der Waals surface area (Å²) in [5, 5.41) is 7.86. The van der Waals surface area contributed by atoms with Crippen LogP contribution in [-0.4, -0.2) is 19.9 Å². The minimum absolute atomic E-state index is 0. The van der Waals surface area contributed by atoms with Gasteiger partial charge in [0.1, 0.15) is 11.9 Å². The van der Waals surface area contributed by atoms with Crippen LogP contribution in [0.25, 0.3) is 65.0 Å². The number of thiophene rings is 2. The summed E-state index contributed by atoms with van der Waals surface area (Å²) in [6.45, 7) is 0. The predicted octanol–water partition coefficient (Wildman–Crippen LogP) is 10.2. The van der Waals surface area contributed by atoms with Crippen molar-refractivity contribution >= 4 is 66.5 Å². The molecule has 0 saturated heterocycles. The van der Waals surface area contributed by atoms with Gasteiger partial charge in [0, 0.05) is 12.4 Å². The van der Waals surface area contributed by atoms with Crippen molar-refractivity contribution in [2.24, 2.45) is 0 Å². The molecule has 0 bridgehead atoms. The van der Waals surface area contributed by atoms with Crippen molar-refractivity contribution in [3.63, 3.8) is 0 Å². The van der Waals surface area contributed by atoms with Crippen LogP contribution in [0.15, 0.2) is 144 Å². The monoisotopic (exact) mass is 1080 g/mol. The van der Waals surface area contributed by atoms with Gasteiger partial charge in [-0.2, -0.15) is 24.3 Å². The van der Waals surface area contributed by atoms with E-state index >= 15 is 0 Å². The van der Waals surface area contributed by atoms with Crippen LogP contribution in [0, 0.1) is 24.0 Å². The van der Waals surface area contributed by atoms with Crippen LogP contribution in [0.2, 0.25) is 0 Å². The van der Waals surface area contributed by atoms with Gasteiger partial charge in [-0.15, -0.1) is 10.8 Å². The molecular formula is C40H24F2N6Pt2S2. The molecule has 0 aliphatic rings. The molecule has 8 heterocycles.